The minimum atomic E-state index is 0. The van der Waals surface area contributed by atoms with Crippen LogP contribution in [0.1, 0.15) is 5.56 Å². The fourth-order valence-electron chi connectivity index (χ4n) is 1.37. The van der Waals surface area contributed by atoms with Gasteiger partial charge >= 0.3 is 0 Å². The van der Waals surface area contributed by atoms with Crippen LogP contribution in [0.3, 0.4) is 0 Å². The van der Waals surface area contributed by atoms with Gasteiger partial charge in [-0.15, -0.1) is 18.8 Å². The zero-order valence-electron chi connectivity index (χ0n) is 10.3. The Labute approximate surface area is 114 Å². The zero-order valence-corrected chi connectivity index (χ0v) is 11.1. The summed E-state index contributed by atoms with van der Waals surface area (Å²) in [6, 6.07) is 5.64. The Morgan fingerprint density at radius 1 is 1.39 bits per heavy atom. The zero-order chi connectivity index (χ0) is 12.5. The first-order valence-electron chi connectivity index (χ1n) is 5.36. The van der Waals surface area contributed by atoms with E-state index in [1.165, 1.54) is 0 Å². The lowest BCUT2D eigenvalue weighted by atomic mass is 10.2. The summed E-state index contributed by atoms with van der Waals surface area (Å²) < 4.78 is 10.6. The summed E-state index contributed by atoms with van der Waals surface area (Å²) in [6.07, 6.45) is 5.13. The van der Waals surface area contributed by atoms with Crippen molar-refractivity contribution < 1.29 is 14.6 Å². The van der Waals surface area contributed by atoms with Crippen molar-refractivity contribution in [2.24, 2.45) is 0 Å². The predicted molar refractivity (Wildman–Crippen MR) is 73.4 cm³/mol. The third-order valence-electron chi connectivity index (χ3n) is 2.16. The van der Waals surface area contributed by atoms with Gasteiger partial charge in [0.15, 0.2) is 11.5 Å². The fourth-order valence-corrected chi connectivity index (χ4v) is 1.37. The third kappa shape index (κ3) is 5.28. The van der Waals surface area contributed by atoms with Crippen molar-refractivity contribution in [2.45, 2.75) is 6.54 Å². The van der Waals surface area contributed by atoms with Gasteiger partial charge in [0.05, 0.1) is 13.7 Å². The minimum Gasteiger partial charge on any atom is -0.493 e. The Balaban J connectivity index is 0.00000289. The first-order chi connectivity index (χ1) is 8.31. The molecule has 0 aromatic heterocycles. The summed E-state index contributed by atoms with van der Waals surface area (Å²) in [5, 5.41) is 11.7. The van der Waals surface area contributed by atoms with E-state index in [0.717, 1.165) is 5.56 Å². The van der Waals surface area contributed by atoms with Crippen molar-refractivity contribution in [3.05, 3.63) is 23.8 Å². The molecule has 0 unspecified atom stereocenters. The van der Waals surface area contributed by atoms with Gasteiger partial charge in [-0.2, -0.15) is 0 Å². The highest BCUT2D eigenvalue weighted by atomic mass is 35.5. The monoisotopic (exact) mass is 271 g/mol. The van der Waals surface area contributed by atoms with E-state index in [1.54, 1.807) is 7.11 Å². The second-order valence-electron chi connectivity index (χ2n) is 3.38. The molecule has 0 aliphatic rings. The van der Waals surface area contributed by atoms with Crippen LogP contribution in [-0.2, 0) is 6.54 Å². The van der Waals surface area contributed by atoms with Gasteiger partial charge < -0.3 is 19.9 Å². The van der Waals surface area contributed by atoms with Gasteiger partial charge in [-0.05, 0) is 17.7 Å². The van der Waals surface area contributed by atoms with Crippen LogP contribution in [0, 0.1) is 12.3 Å². The van der Waals surface area contributed by atoms with Crippen molar-refractivity contribution >= 4 is 12.4 Å². The maximum atomic E-state index is 8.66. The van der Waals surface area contributed by atoms with E-state index < -0.39 is 0 Å². The Bertz CT molecular complexity index is 390. The van der Waals surface area contributed by atoms with E-state index in [0.29, 0.717) is 24.6 Å². The standard InChI is InChI=1S/C13H17NO3.ClH/c1-3-8-17-12-5-4-11(9-13(12)16-2)10-14-6-7-15;/h1,4-5,9,14-15H,6-8,10H2,2H3;1H. The summed E-state index contributed by atoms with van der Waals surface area (Å²) in [7, 11) is 1.59. The Morgan fingerprint density at radius 3 is 2.78 bits per heavy atom. The molecule has 5 heteroatoms. The maximum Gasteiger partial charge on any atom is 0.162 e. The van der Waals surface area contributed by atoms with Crippen molar-refractivity contribution in [2.75, 3.05) is 26.9 Å². The lowest BCUT2D eigenvalue weighted by Crippen LogP contribution is -2.17. The molecular weight excluding hydrogens is 254 g/mol. The average Bonchev–Trinajstić information content (AvgIpc) is 2.37. The summed E-state index contributed by atoms with van der Waals surface area (Å²) in [4.78, 5) is 0. The summed E-state index contributed by atoms with van der Waals surface area (Å²) in [5.41, 5.74) is 1.06. The molecule has 0 aliphatic heterocycles. The van der Waals surface area contributed by atoms with Crippen LogP contribution < -0.4 is 14.8 Å². The summed E-state index contributed by atoms with van der Waals surface area (Å²) in [5.74, 6) is 3.70. The second-order valence-corrected chi connectivity index (χ2v) is 3.38. The number of terminal acetylenes is 1. The first kappa shape index (κ1) is 16.6. The van der Waals surface area contributed by atoms with Crippen LogP contribution >= 0.6 is 12.4 Å². The number of ether oxygens (including phenoxy) is 2. The quantitative estimate of drug-likeness (QED) is 0.578. The smallest absolute Gasteiger partial charge is 0.162 e. The number of aliphatic hydroxyl groups excluding tert-OH is 1. The van der Waals surface area contributed by atoms with Crippen LogP contribution in [-0.4, -0.2) is 32.0 Å². The van der Waals surface area contributed by atoms with Crippen LogP contribution in [0.25, 0.3) is 0 Å². The molecule has 1 aromatic rings. The topological polar surface area (TPSA) is 50.7 Å². The van der Waals surface area contributed by atoms with Crippen LogP contribution in [0.15, 0.2) is 18.2 Å². The van der Waals surface area contributed by atoms with Crippen molar-refractivity contribution in [3.63, 3.8) is 0 Å². The van der Waals surface area contributed by atoms with Crippen LogP contribution in [0.5, 0.6) is 11.5 Å². The molecule has 0 atom stereocenters. The molecule has 100 valence electrons. The van der Waals surface area contributed by atoms with Crippen molar-refractivity contribution in [1.29, 1.82) is 0 Å². The highest BCUT2D eigenvalue weighted by molar-refractivity contribution is 5.85. The van der Waals surface area contributed by atoms with Gasteiger partial charge in [0.25, 0.3) is 0 Å². The molecular formula is C13H18ClNO3. The molecule has 0 spiro atoms. The van der Waals surface area contributed by atoms with E-state index in [9.17, 15) is 0 Å². The predicted octanol–water partition coefficient (Wildman–Crippen LogP) is 1.21. The first-order valence-corrected chi connectivity index (χ1v) is 5.36. The number of aliphatic hydroxyl groups is 1. The molecule has 18 heavy (non-hydrogen) atoms. The SMILES string of the molecule is C#CCOc1ccc(CNCCO)cc1OC.Cl. The van der Waals surface area contributed by atoms with Gasteiger partial charge in [0.2, 0.25) is 0 Å². The van der Waals surface area contributed by atoms with Gasteiger partial charge in [-0.25, -0.2) is 0 Å². The van der Waals surface area contributed by atoms with Crippen LogP contribution in [0.4, 0.5) is 0 Å². The largest absolute Gasteiger partial charge is 0.493 e. The molecule has 1 rings (SSSR count). The van der Waals surface area contributed by atoms with E-state index in [1.807, 2.05) is 18.2 Å². The van der Waals surface area contributed by atoms with E-state index in [4.69, 9.17) is 21.0 Å². The molecule has 4 nitrogen and oxygen atoms in total. The molecule has 0 heterocycles. The molecule has 0 fully saturated rings. The van der Waals surface area contributed by atoms with E-state index in [-0.39, 0.29) is 25.6 Å². The van der Waals surface area contributed by atoms with Gasteiger partial charge in [0.1, 0.15) is 6.61 Å². The van der Waals surface area contributed by atoms with E-state index in [2.05, 4.69) is 11.2 Å². The van der Waals surface area contributed by atoms with Gasteiger partial charge in [-0.3, -0.25) is 0 Å². The molecule has 0 amide bonds. The average molecular weight is 272 g/mol. The number of hydrogen-bond donors (Lipinski definition) is 2. The molecule has 0 radical (unpaired) electrons. The Hall–Kier alpha value is -1.41. The van der Waals surface area contributed by atoms with Crippen molar-refractivity contribution in [1.82, 2.24) is 5.32 Å². The summed E-state index contributed by atoms with van der Waals surface area (Å²) in [6.45, 7) is 1.59. The lowest BCUT2D eigenvalue weighted by Gasteiger charge is -2.11. The molecule has 0 saturated heterocycles. The number of hydrogen-bond acceptors (Lipinski definition) is 4. The molecule has 0 aliphatic carbocycles. The second kappa shape index (κ2) is 9.60. The number of halogens is 1. The molecule has 1 aromatic carbocycles. The highest BCUT2D eigenvalue weighted by Gasteiger charge is 2.05. The third-order valence-corrected chi connectivity index (χ3v) is 2.16. The Kier molecular flexibility index (Phi) is 8.85. The number of methoxy groups -OCH3 is 1. The van der Waals surface area contributed by atoms with Crippen LogP contribution in [0.2, 0.25) is 0 Å². The fraction of sp³-hybridized carbons (Fsp3) is 0.385. The van der Waals surface area contributed by atoms with Gasteiger partial charge in [0, 0.05) is 13.1 Å². The minimum absolute atomic E-state index is 0. The number of benzene rings is 1. The highest BCUT2D eigenvalue weighted by Crippen LogP contribution is 2.27. The molecule has 2 N–H and O–H groups in total. The Morgan fingerprint density at radius 2 is 2.17 bits per heavy atom. The molecule has 0 saturated carbocycles. The molecule has 0 bridgehead atoms. The van der Waals surface area contributed by atoms with Gasteiger partial charge in [-0.1, -0.05) is 12.0 Å². The lowest BCUT2D eigenvalue weighted by molar-refractivity contribution is 0.292. The number of nitrogens with one attached hydrogen (secondary N) is 1. The normalized spacial score (nSPS) is 9.17. The number of rotatable bonds is 7. The maximum absolute atomic E-state index is 8.66. The van der Waals surface area contributed by atoms with E-state index >= 15 is 0 Å². The summed E-state index contributed by atoms with van der Waals surface area (Å²) >= 11 is 0. The van der Waals surface area contributed by atoms with Crippen molar-refractivity contribution in [3.8, 4) is 23.8 Å².